The number of hydrogen-bond acceptors (Lipinski definition) is 5. The number of rotatable bonds is 4. The maximum absolute atomic E-state index is 10.6. The molecule has 3 amide bonds. The minimum absolute atomic E-state index is 0.776. The van der Waals surface area contributed by atoms with E-state index < -0.39 is 17.9 Å². The number of carbonyl (C=O) groups is 3. The van der Waals surface area contributed by atoms with E-state index in [-0.39, 0.29) is 0 Å². The maximum Gasteiger partial charge on any atom is 0.351 e. The Balaban J connectivity index is 3.64. The molecule has 0 aliphatic carbocycles. The highest BCUT2D eigenvalue weighted by Crippen LogP contribution is 1.75. The lowest BCUT2D eigenvalue weighted by Gasteiger charge is -2.01. The molecule has 72 valence electrons. The first kappa shape index (κ1) is 10.9. The summed E-state index contributed by atoms with van der Waals surface area (Å²) in [6.45, 7) is 0. The Morgan fingerprint density at radius 2 is 1.77 bits per heavy atom. The van der Waals surface area contributed by atoms with E-state index in [1.54, 1.807) is 11.0 Å². The normalized spacial score (nSPS) is 9.54. The van der Waals surface area contributed by atoms with Crippen molar-refractivity contribution in [1.82, 2.24) is 11.0 Å². The van der Waals surface area contributed by atoms with Gasteiger partial charge in [-0.3, -0.25) is 4.79 Å². The van der Waals surface area contributed by atoms with Gasteiger partial charge in [-0.25, -0.2) is 15.0 Å². The number of primary amides is 2. The smallest absolute Gasteiger partial charge is 0.351 e. The van der Waals surface area contributed by atoms with Crippen molar-refractivity contribution in [2.45, 2.75) is 0 Å². The number of hydrazine groups is 1. The number of nitrogens with one attached hydrogen (secondary N) is 2. The monoisotopic (exact) mass is 188 g/mol. The fourth-order valence-electron chi connectivity index (χ4n) is 0.310. The largest absolute Gasteiger partial charge is 0.366 e. The van der Waals surface area contributed by atoms with Crippen molar-refractivity contribution in [3.63, 3.8) is 0 Å². The van der Waals surface area contributed by atoms with Crippen LogP contribution in [0.1, 0.15) is 0 Å². The van der Waals surface area contributed by atoms with E-state index in [0.29, 0.717) is 0 Å². The molecule has 13 heavy (non-hydrogen) atoms. The average Bonchev–Trinajstić information content (AvgIpc) is 2.00. The molecule has 0 atom stereocenters. The van der Waals surface area contributed by atoms with Gasteiger partial charge < -0.3 is 16.3 Å². The first-order chi connectivity index (χ1) is 6.02. The molecule has 8 heteroatoms. The molecule has 0 aromatic carbocycles. The van der Waals surface area contributed by atoms with Crippen LogP contribution in [0.2, 0.25) is 0 Å². The highest BCUT2D eigenvalue weighted by Gasteiger charge is 1.97. The molecule has 0 heterocycles. The summed E-state index contributed by atoms with van der Waals surface area (Å²) in [5.41, 5.74) is 12.8. The second-order valence-electron chi connectivity index (χ2n) is 1.75. The molecule has 0 saturated carbocycles. The molecule has 0 aromatic rings. The van der Waals surface area contributed by atoms with E-state index in [2.05, 4.69) is 16.3 Å². The van der Waals surface area contributed by atoms with Crippen LogP contribution in [-0.2, 0) is 14.4 Å². The summed E-state index contributed by atoms with van der Waals surface area (Å²) in [6, 6.07) is -0.924. The van der Waals surface area contributed by atoms with Gasteiger partial charge in [-0.2, -0.15) is 0 Å². The van der Waals surface area contributed by atoms with Crippen molar-refractivity contribution in [2.24, 2.45) is 11.5 Å². The van der Waals surface area contributed by atoms with E-state index in [1.165, 1.54) is 0 Å². The van der Waals surface area contributed by atoms with Gasteiger partial charge in [-0.15, -0.1) is 0 Å². The third-order valence-electron chi connectivity index (χ3n) is 0.710. The van der Waals surface area contributed by atoms with Crippen LogP contribution in [0.4, 0.5) is 4.79 Å². The van der Waals surface area contributed by atoms with Gasteiger partial charge in [0.25, 0.3) is 0 Å². The standard InChI is InChI=1S/C5H8N4O4/c6-3(10)1-2-4(11)13-9-8-5(7)12/h1-2,9H,(H2,6,10)(H3,7,8,12)/b2-1-. The Hall–Kier alpha value is -2.09. The second-order valence-corrected chi connectivity index (χ2v) is 1.75. The summed E-state index contributed by atoms with van der Waals surface area (Å²) in [7, 11) is 0. The van der Waals surface area contributed by atoms with Crippen LogP contribution in [0.25, 0.3) is 0 Å². The molecule has 0 rings (SSSR count). The molecule has 0 aliphatic heterocycles. The van der Waals surface area contributed by atoms with Gasteiger partial charge in [0.1, 0.15) is 0 Å². The fourth-order valence-corrected chi connectivity index (χ4v) is 0.310. The van der Waals surface area contributed by atoms with Crippen LogP contribution in [0.5, 0.6) is 0 Å². The molecule has 0 aromatic heterocycles. The van der Waals surface area contributed by atoms with Gasteiger partial charge in [0.2, 0.25) is 5.91 Å². The molecule has 0 unspecified atom stereocenters. The van der Waals surface area contributed by atoms with E-state index in [0.717, 1.165) is 12.2 Å². The Kier molecular flexibility index (Phi) is 4.65. The molecule has 0 spiro atoms. The van der Waals surface area contributed by atoms with Gasteiger partial charge >= 0.3 is 12.0 Å². The third kappa shape index (κ3) is 7.81. The van der Waals surface area contributed by atoms with Crippen molar-refractivity contribution in [2.75, 3.05) is 0 Å². The van der Waals surface area contributed by atoms with Gasteiger partial charge in [0.15, 0.2) is 0 Å². The number of urea groups is 1. The maximum atomic E-state index is 10.6. The summed E-state index contributed by atoms with van der Waals surface area (Å²) in [5, 5.41) is 0. The van der Waals surface area contributed by atoms with Crippen LogP contribution in [0.15, 0.2) is 12.2 Å². The third-order valence-corrected chi connectivity index (χ3v) is 0.710. The van der Waals surface area contributed by atoms with E-state index in [9.17, 15) is 14.4 Å². The summed E-state index contributed by atoms with van der Waals surface area (Å²) in [6.07, 6.45) is 1.58. The zero-order valence-electron chi connectivity index (χ0n) is 6.44. The minimum atomic E-state index is -0.924. The van der Waals surface area contributed by atoms with Crippen molar-refractivity contribution in [1.29, 1.82) is 0 Å². The Labute approximate surface area is 72.8 Å². The first-order valence-corrected chi connectivity index (χ1v) is 3.01. The molecular weight excluding hydrogens is 180 g/mol. The van der Waals surface area contributed by atoms with Crippen molar-refractivity contribution < 1.29 is 19.2 Å². The topological polar surface area (TPSA) is 137 Å². The summed E-state index contributed by atoms with van der Waals surface area (Å²) < 4.78 is 0. The van der Waals surface area contributed by atoms with Gasteiger partial charge in [-0.05, 0) is 0 Å². The van der Waals surface area contributed by atoms with Crippen LogP contribution in [0.3, 0.4) is 0 Å². The molecule has 6 N–H and O–H groups in total. The van der Waals surface area contributed by atoms with Crippen LogP contribution in [0, 0.1) is 0 Å². The number of hydrogen-bond donors (Lipinski definition) is 4. The predicted molar refractivity (Wildman–Crippen MR) is 40.3 cm³/mol. The summed E-state index contributed by atoms with van der Waals surface area (Å²) >= 11 is 0. The van der Waals surface area contributed by atoms with Gasteiger partial charge in [0.05, 0.1) is 0 Å². The highest BCUT2D eigenvalue weighted by atomic mass is 16.7. The summed E-state index contributed by atoms with van der Waals surface area (Å²) in [4.78, 5) is 34.8. The number of nitrogens with two attached hydrogens (primary N) is 2. The minimum Gasteiger partial charge on any atom is -0.366 e. The zero-order chi connectivity index (χ0) is 10.3. The lowest BCUT2D eigenvalue weighted by Crippen LogP contribution is -2.41. The van der Waals surface area contributed by atoms with Crippen LogP contribution >= 0.6 is 0 Å². The SMILES string of the molecule is NC(=O)/C=C\C(=O)ONNC(N)=O. The van der Waals surface area contributed by atoms with Crippen LogP contribution in [-0.4, -0.2) is 17.9 Å². The molecule has 0 bridgehead atoms. The van der Waals surface area contributed by atoms with Crippen LogP contribution < -0.4 is 22.5 Å². The Bertz CT molecular complexity index is 249. The first-order valence-electron chi connectivity index (χ1n) is 3.01. The lowest BCUT2D eigenvalue weighted by atomic mass is 10.5. The second kappa shape index (κ2) is 5.55. The molecular formula is C5H8N4O4. The average molecular weight is 188 g/mol. The fraction of sp³-hybridized carbons (Fsp3) is 0. The quantitative estimate of drug-likeness (QED) is 0.289. The molecule has 0 fully saturated rings. The number of amides is 3. The Morgan fingerprint density at radius 3 is 2.23 bits per heavy atom. The predicted octanol–water partition coefficient (Wildman–Crippen LogP) is -2.34. The highest BCUT2D eigenvalue weighted by molar-refractivity contribution is 5.93. The Morgan fingerprint density at radius 1 is 1.15 bits per heavy atom. The molecule has 8 nitrogen and oxygen atoms in total. The molecule has 0 aliphatic rings. The van der Waals surface area contributed by atoms with Crippen molar-refractivity contribution in [3.05, 3.63) is 12.2 Å². The van der Waals surface area contributed by atoms with E-state index in [1.807, 2.05) is 0 Å². The molecule has 0 radical (unpaired) electrons. The zero-order valence-corrected chi connectivity index (χ0v) is 6.44. The summed E-state index contributed by atoms with van der Waals surface area (Å²) in [5.74, 6) is -1.70. The van der Waals surface area contributed by atoms with Crippen molar-refractivity contribution in [3.8, 4) is 0 Å². The van der Waals surface area contributed by atoms with Gasteiger partial charge in [0, 0.05) is 12.2 Å². The van der Waals surface area contributed by atoms with E-state index >= 15 is 0 Å². The van der Waals surface area contributed by atoms with Crippen molar-refractivity contribution >= 4 is 17.9 Å². The molecule has 0 saturated heterocycles. The van der Waals surface area contributed by atoms with E-state index in [4.69, 9.17) is 0 Å². The lowest BCUT2D eigenvalue weighted by molar-refractivity contribution is -0.146. The van der Waals surface area contributed by atoms with Gasteiger partial charge in [-0.1, -0.05) is 5.59 Å². The number of carbonyl (C=O) groups excluding carboxylic acids is 3.